The largest absolute Gasteiger partial charge is 0.437 e. The Balaban J connectivity index is 1.96. The second-order valence-electron chi connectivity index (χ2n) is 4.63. The molecule has 10 heteroatoms. The van der Waals surface area contributed by atoms with Crippen molar-refractivity contribution in [1.82, 2.24) is 0 Å². The van der Waals surface area contributed by atoms with Crippen molar-refractivity contribution < 1.29 is 27.7 Å². The van der Waals surface area contributed by atoms with E-state index in [0.29, 0.717) is 0 Å². The van der Waals surface area contributed by atoms with Gasteiger partial charge < -0.3 is 0 Å². The Labute approximate surface area is 138 Å². The van der Waals surface area contributed by atoms with E-state index in [-0.39, 0.29) is 16.9 Å². The summed E-state index contributed by atoms with van der Waals surface area (Å²) in [6.45, 7) is 0. The maximum Gasteiger partial charge on any atom is 0.437 e. The summed E-state index contributed by atoms with van der Waals surface area (Å²) in [6, 6.07) is 9.36. The van der Waals surface area contributed by atoms with Crippen molar-refractivity contribution in [2.75, 3.05) is 5.32 Å². The molecule has 0 aromatic heterocycles. The Hall–Kier alpha value is -3.43. The maximum absolute atomic E-state index is 12.4. The third-order valence-electron chi connectivity index (χ3n) is 2.92. The highest BCUT2D eigenvalue weighted by molar-refractivity contribution is 5.87. The minimum Gasteiger partial charge on any atom is -0.298 e. The summed E-state index contributed by atoms with van der Waals surface area (Å²) in [6.07, 6.45) is -4.56. The fraction of sp³-hybridized carbons (Fsp3) is 0.0667. The van der Waals surface area contributed by atoms with Gasteiger partial charge in [0.1, 0.15) is 0 Å². The first-order valence-electron chi connectivity index (χ1n) is 6.69. The number of hydrogen-bond donors (Lipinski definition) is 1. The van der Waals surface area contributed by atoms with Gasteiger partial charge in [0.2, 0.25) is 0 Å². The van der Waals surface area contributed by atoms with E-state index >= 15 is 0 Å². The molecule has 2 rings (SSSR count). The predicted octanol–water partition coefficient (Wildman–Crippen LogP) is 4.20. The molecule has 1 N–H and O–H groups in total. The van der Waals surface area contributed by atoms with E-state index in [4.69, 9.17) is 0 Å². The van der Waals surface area contributed by atoms with Crippen molar-refractivity contribution in [1.29, 1.82) is 0 Å². The molecule has 0 aliphatic carbocycles. The van der Waals surface area contributed by atoms with Gasteiger partial charge in [-0.25, -0.2) is 4.79 Å². The molecule has 0 spiro atoms. The highest BCUT2D eigenvalue weighted by Crippen LogP contribution is 2.29. The molecule has 0 saturated heterocycles. The fourth-order valence-electron chi connectivity index (χ4n) is 1.78. The summed E-state index contributed by atoms with van der Waals surface area (Å²) in [5, 5.41) is 16.3. The number of halogens is 3. The van der Waals surface area contributed by atoms with E-state index in [1.54, 1.807) is 0 Å². The summed E-state index contributed by atoms with van der Waals surface area (Å²) in [4.78, 5) is 26.1. The smallest absolute Gasteiger partial charge is 0.298 e. The number of nitrogens with zero attached hydrogens (tertiary/aromatic N) is 2. The van der Waals surface area contributed by atoms with Crippen LogP contribution in [0.4, 0.5) is 29.3 Å². The van der Waals surface area contributed by atoms with E-state index in [9.17, 15) is 28.1 Å². The summed E-state index contributed by atoms with van der Waals surface area (Å²) in [7, 11) is 0. The van der Waals surface area contributed by atoms with Gasteiger partial charge in [0.25, 0.3) is 5.69 Å². The highest BCUT2D eigenvalue weighted by Gasteiger charge is 2.30. The van der Waals surface area contributed by atoms with Crippen molar-refractivity contribution in [2.45, 2.75) is 6.18 Å². The Kier molecular flexibility index (Phi) is 5.32. The summed E-state index contributed by atoms with van der Waals surface area (Å²) in [5.74, 6) is 0. The number of alkyl halides is 3. The van der Waals surface area contributed by atoms with Gasteiger partial charge in [0.15, 0.2) is 0 Å². The van der Waals surface area contributed by atoms with Gasteiger partial charge in [-0.05, 0) is 30.3 Å². The van der Waals surface area contributed by atoms with Crippen molar-refractivity contribution in [2.24, 2.45) is 5.16 Å². The number of anilines is 1. The highest BCUT2D eigenvalue weighted by atomic mass is 19.4. The number of carbonyl (C=O) groups excluding carboxylic acids is 1. The van der Waals surface area contributed by atoms with Crippen molar-refractivity contribution in [3.63, 3.8) is 0 Å². The van der Waals surface area contributed by atoms with Crippen LogP contribution >= 0.6 is 0 Å². The third kappa shape index (κ3) is 5.03. The van der Waals surface area contributed by atoms with Crippen LogP contribution in [0.2, 0.25) is 0 Å². The lowest BCUT2D eigenvalue weighted by molar-refractivity contribution is -0.385. The number of amides is 1. The van der Waals surface area contributed by atoms with Gasteiger partial charge in [-0.1, -0.05) is 17.3 Å². The van der Waals surface area contributed by atoms with Crippen molar-refractivity contribution in [3.05, 3.63) is 69.8 Å². The molecular weight excluding hydrogens is 343 g/mol. The predicted molar refractivity (Wildman–Crippen MR) is 82.2 cm³/mol. The number of hydrogen-bond acceptors (Lipinski definition) is 5. The minimum absolute atomic E-state index is 0.0684. The lowest BCUT2D eigenvalue weighted by Crippen LogP contribution is -2.11. The van der Waals surface area contributed by atoms with Gasteiger partial charge in [-0.15, -0.1) is 0 Å². The number of para-hydroxylation sites is 1. The van der Waals surface area contributed by atoms with Crippen LogP contribution in [-0.2, 0) is 11.0 Å². The normalized spacial score (nSPS) is 11.3. The number of rotatable bonds is 4. The molecule has 0 aliphatic rings. The van der Waals surface area contributed by atoms with Crippen LogP contribution in [0.5, 0.6) is 0 Å². The molecule has 2 aromatic rings. The van der Waals surface area contributed by atoms with E-state index < -0.39 is 22.8 Å². The molecule has 7 nitrogen and oxygen atoms in total. The first-order valence-corrected chi connectivity index (χ1v) is 6.69. The van der Waals surface area contributed by atoms with E-state index in [1.165, 1.54) is 24.3 Å². The van der Waals surface area contributed by atoms with Crippen LogP contribution < -0.4 is 5.32 Å². The molecule has 2 aromatic carbocycles. The molecule has 0 bridgehead atoms. The fourth-order valence-corrected chi connectivity index (χ4v) is 1.78. The number of oxime groups is 1. The van der Waals surface area contributed by atoms with Crippen LogP contribution in [0, 0.1) is 10.1 Å². The molecular formula is C15H10F3N3O4. The lowest BCUT2D eigenvalue weighted by atomic mass is 10.2. The number of nitro groups is 1. The molecule has 130 valence electrons. The van der Waals surface area contributed by atoms with Crippen LogP contribution in [0.3, 0.4) is 0 Å². The van der Waals surface area contributed by atoms with Crippen LogP contribution in [0.25, 0.3) is 0 Å². The molecule has 25 heavy (non-hydrogen) atoms. The lowest BCUT2D eigenvalue weighted by Gasteiger charge is -2.07. The monoisotopic (exact) mass is 353 g/mol. The molecule has 0 fully saturated rings. The Morgan fingerprint density at radius 3 is 2.40 bits per heavy atom. The van der Waals surface area contributed by atoms with Crippen LogP contribution in [0.15, 0.2) is 53.7 Å². The minimum atomic E-state index is -4.48. The van der Waals surface area contributed by atoms with E-state index in [0.717, 1.165) is 30.5 Å². The zero-order valence-electron chi connectivity index (χ0n) is 12.4. The maximum atomic E-state index is 12.4. The van der Waals surface area contributed by atoms with Gasteiger partial charge in [-0.2, -0.15) is 13.2 Å². The SMILES string of the molecule is O=C(Nc1ccc(C(F)(F)F)cc1)O/N=C/c1ccccc1[N+](=O)[O-]. The Bertz CT molecular complexity index is 804. The second-order valence-corrected chi connectivity index (χ2v) is 4.63. The average molecular weight is 353 g/mol. The third-order valence-corrected chi connectivity index (χ3v) is 2.92. The molecule has 0 radical (unpaired) electrons. The number of benzene rings is 2. The van der Waals surface area contributed by atoms with Crippen molar-refractivity contribution in [3.8, 4) is 0 Å². The molecule has 0 atom stereocenters. The Morgan fingerprint density at radius 2 is 1.80 bits per heavy atom. The summed E-state index contributed by atoms with van der Waals surface area (Å²) < 4.78 is 37.3. The van der Waals surface area contributed by atoms with E-state index in [2.05, 4.69) is 15.3 Å². The number of nitro benzene ring substituents is 1. The van der Waals surface area contributed by atoms with Crippen LogP contribution in [-0.4, -0.2) is 17.2 Å². The van der Waals surface area contributed by atoms with Gasteiger partial charge in [0, 0.05) is 11.8 Å². The zero-order chi connectivity index (χ0) is 18.4. The molecule has 0 heterocycles. The molecule has 0 saturated carbocycles. The quantitative estimate of drug-likeness (QED) is 0.386. The number of nitrogens with one attached hydrogen (secondary N) is 1. The first kappa shape index (κ1) is 17.9. The first-order chi connectivity index (χ1) is 11.8. The number of carbonyl (C=O) groups is 1. The second kappa shape index (κ2) is 7.43. The standard InChI is InChI=1S/C15H10F3N3O4/c16-15(17,18)11-5-7-12(8-6-11)20-14(22)25-19-9-10-3-1-2-4-13(10)21(23)24/h1-9H,(H,20,22)/b19-9+. The van der Waals surface area contributed by atoms with Crippen LogP contribution in [0.1, 0.15) is 11.1 Å². The topological polar surface area (TPSA) is 93.8 Å². The Morgan fingerprint density at radius 1 is 1.16 bits per heavy atom. The summed E-state index contributed by atoms with van der Waals surface area (Å²) in [5.41, 5.74) is -0.896. The molecule has 1 amide bonds. The zero-order valence-corrected chi connectivity index (χ0v) is 12.4. The van der Waals surface area contributed by atoms with Gasteiger partial charge >= 0.3 is 12.3 Å². The average Bonchev–Trinajstić information content (AvgIpc) is 2.55. The molecule has 0 unspecified atom stereocenters. The van der Waals surface area contributed by atoms with Gasteiger partial charge in [0.05, 0.1) is 22.3 Å². The van der Waals surface area contributed by atoms with Gasteiger partial charge in [-0.3, -0.25) is 20.3 Å². The molecule has 0 aliphatic heterocycles. The summed E-state index contributed by atoms with van der Waals surface area (Å²) >= 11 is 0. The van der Waals surface area contributed by atoms with Crippen molar-refractivity contribution >= 4 is 23.7 Å². The van der Waals surface area contributed by atoms with E-state index in [1.807, 2.05) is 0 Å².